The van der Waals surface area contributed by atoms with Crippen LogP contribution in [0.25, 0.3) is 11.6 Å². The molecule has 0 amide bonds. The summed E-state index contributed by atoms with van der Waals surface area (Å²) in [5, 5.41) is 13.0. The van der Waals surface area contributed by atoms with Crippen LogP contribution in [0, 0.1) is 0 Å². The van der Waals surface area contributed by atoms with Gasteiger partial charge in [-0.15, -0.1) is 0 Å². The molecular formula is C14H12O4S2. The molecule has 1 heterocycles. The van der Waals surface area contributed by atoms with E-state index in [0.717, 1.165) is 11.8 Å². The number of carboxylic acid groups (broad SMARTS) is 1. The fraction of sp³-hybridized carbons (Fsp3) is 0.0714. The van der Waals surface area contributed by atoms with Crippen LogP contribution in [0.5, 0.6) is 0 Å². The van der Waals surface area contributed by atoms with Gasteiger partial charge in [0, 0.05) is 6.26 Å². The van der Waals surface area contributed by atoms with Crippen LogP contribution in [0.2, 0.25) is 0 Å². The van der Waals surface area contributed by atoms with E-state index in [4.69, 9.17) is 0 Å². The fourth-order valence-corrected chi connectivity index (χ4v) is 2.92. The summed E-state index contributed by atoms with van der Waals surface area (Å²) < 4.78 is 22.7. The molecule has 1 aromatic heterocycles. The second kappa shape index (κ2) is 5.60. The lowest BCUT2D eigenvalue weighted by atomic mass is 10.0. The maximum Gasteiger partial charge on any atom is 0.336 e. The third-order valence-corrected chi connectivity index (χ3v) is 4.51. The first-order chi connectivity index (χ1) is 9.38. The highest BCUT2D eigenvalue weighted by Gasteiger charge is 2.12. The second-order valence-corrected chi connectivity index (χ2v) is 7.01. The van der Waals surface area contributed by atoms with E-state index in [1.165, 1.54) is 35.6 Å². The number of hydrogen-bond acceptors (Lipinski definition) is 4. The van der Waals surface area contributed by atoms with Crippen LogP contribution in [0.15, 0.2) is 46.0 Å². The minimum atomic E-state index is -3.28. The smallest absolute Gasteiger partial charge is 0.336 e. The summed E-state index contributed by atoms with van der Waals surface area (Å²) in [4.78, 5) is 11.5. The molecule has 6 heteroatoms. The number of rotatable bonds is 4. The molecule has 1 aromatic carbocycles. The van der Waals surface area contributed by atoms with Gasteiger partial charge in [-0.1, -0.05) is 12.1 Å². The van der Waals surface area contributed by atoms with Crippen molar-refractivity contribution in [3.8, 4) is 0 Å². The van der Waals surface area contributed by atoms with Gasteiger partial charge in [-0.25, -0.2) is 13.2 Å². The van der Waals surface area contributed by atoms with Gasteiger partial charge < -0.3 is 5.11 Å². The summed E-state index contributed by atoms with van der Waals surface area (Å²) in [6.45, 7) is 0. The Balaban J connectivity index is 2.44. The largest absolute Gasteiger partial charge is 0.478 e. The van der Waals surface area contributed by atoms with Crippen molar-refractivity contribution >= 4 is 38.8 Å². The Bertz CT molecular complexity index is 739. The van der Waals surface area contributed by atoms with E-state index >= 15 is 0 Å². The normalized spacial score (nSPS) is 12.3. The van der Waals surface area contributed by atoms with E-state index in [-0.39, 0.29) is 10.5 Å². The molecule has 2 aromatic rings. The average Bonchev–Trinajstić information content (AvgIpc) is 2.87. The van der Waals surface area contributed by atoms with E-state index < -0.39 is 15.8 Å². The Kier molecular flexibility index (Phi) is 4.06. The number of carboxylic acids is 1. The van der Waals surface area contributed by atoms with Gasteiger partial charge in [-0.05, 0) is 46.2 Å². The Morgan fingerprint density at radius 2 is 1.85 bits per heavy atom. The van der Waals surface area contributed by atoms with Crippen molar-refractivity contribution in [3.63, 3.8) is 0 Å². The van der Waals surface area contributed by atoms with Crippen molar-refractivity contribution in [2.24, 2.45) is 0 Å². The predicted molar refractivity (Wildman–Crippen MR) is 79.4 cm³/mol. The predicted octanol–water partition coefficient (Wildman–Crippen LogP) is 2.78. The van der Waals surface area contributed by atoms with E-state index in [9.17, 15) is 18.3 Å². The number of aliphatic carboxylic acids is 1. The zero-order valence-electron chi connectivity index (χ0n) is 10.6. The molecule has 0 spiro atoms. The van der Waals surface area contributed by atoms with E-state index in [1.807, 2.05) is 16.8 Å². The number of benzene rings is 1. The zero-order valence-corrected chi connectivity index (χ0v) is 12.2. The maximum atomic E-state index is 11.4. The standard InChI is InChI=1S/C14H12O4S2/c1-20(17,18)12-4-2-11(3-5-12)13(14(15)16)8-10-6-7-19-9-10/h2-9H,1H3,(H,15,16)/b13-8-. The van der Waals surface area contributed by atoms with Gasteiger partial charge in [0.1, 0.15) is 0 Å². The first kappa shape index (κ1) is 14.5. The summed E-state index contributed by atoms with van der Waals surface area (Å²) in [6, 6.07) is 7.65. The van der Waals surface area contributed by atoms with Crippen molar-refractivity contribution in [2.75, 3.05) is 6.26 Å². The molecule has 0 aliphatic rings. The minimum Gasteiger partial charge on any atom is -0.478 e. The molecule has 0 saturated heterocycles. The number of hydrogen-bond donors (Lipinski definition) is 1. The molecular weight excluding hydrogens is 296 g/mol. The Labute approximate surface area is 120 Å². The summed E-state index contributed by atoms with van der Waals surface area (Å²) in [7, 11) is -3.28. The number of thiophene rings is 1. The van der Waals surface area contributed by atoms with Gasteiger partial charge in [0.25, 0.3) is 0 Å². The quantitative estimate of drug-likeness (QED) is 0.882. The lowest BCUT2D eigenvalue weighted by Crippen LogP contribution is -2.01. The maximum absolute atomic E-state index is 11.4. The zero-order chi connectivity index (χ0) is 14.8. The summed E-state index contributed by atoms with van der Waals surface area (Å²) in [6.07, 6.45) is 2.68. The van der Waals surface area contributed by atoms with Gasteiger partial charge in [0.15, 0.2) is 9.84 Å². The van der Waals surface area contributed by atoms with Gasteiger partial charge >= 0.3 is 5.97 Å². The summed E-state index contributed by atoms with van der Waals surface area (Å²) >= 11 is 1.48. The molecule has 0 aliphatic carbocycles. The molecule has 0 bridgehead atoms. The SMILES string of the molecule is CS(=O)(=O)c1ccc(/C(=C/c2ccsc2)C(=O)O)cc1. The first-order valence-electron chi connectivity index (χ1n) is 5.65. The Hall–Kier alpha value is -1.92. The van der Waals surface area contributed by atoms with Crippen molar-refractivity contribution in [1.29, 1.82) is 0 Å². The third kappa shape index (κ3) is 3.34. The Morgan fingerprint density at radius 1 is 1.20 bits per heavy atom. The number of carbonyl (C=O) groups is 1. The van der Waals surface area contributed by atoms with Crippen LogP contribution in [0.1, 0.15) is 11.1 Å². The van der Waals surface area contributed by atoms with Crippen LogP contribution < -0.4 is 0 Å². The molecule has 0 fully saturated rings. The highest BCUT2D eigenvalue weighted by molar-refractivity contribution is 7.90. The Morgan fingerprint density at radius 3 is 2.30 bits per heavy atom. The van der Waals surface area contributed by atoms with Gasteiger partial charge in [-0.3, -0.25) is 0 Å². The van der Waals surface area contributed by atoms with Crippen molar-refractivity contribution < 1.29 is 18.3 Å². The summed E-state index contributed by atoms with van der Waals surface area (Å²) in [5.41, 5.74) is 1.40. The fourth-order valence-electron chi connectivity index (χ4n) is 1.67. The molecule has 104 valence electrons. The first-order valence-corrected chi connectivity index (χ1v) is 8.49. The van der Waals surface area contributed by atoms with Crippen molar-refractivity contribution in [2.45, 2.75) is 4.90 Å². The van der Waals surface area contributed by atoms with Gasteiger partial charge in [0.2, 0.25) is 0 Å². The summed E-state index contributed by atoms with van der Waals surface area (Å²) in [5.74, 6) is -1.05. The third-order valence-electron chi connectivity index (χ3n) is 2.68. The van der Waals surface area contributed by atoms with Crippen LogP contribution in [0.3, 0.4) is 0 Å². The molecule has 0 aliphatic heterocycles. The van der Waals surface area contributed by atoms with E-state index in [1.54, 1.807) is 6.08 Å². The lowest BCUT2D eigenvalue weighted by Gasteiger charge is -2.04. The number of sulfone groups is 1. The molecule has 2 rings (SSSR count). The molecule has 0 atom stereocenters. The average molecular weight is 308 g/mol. The van der Waals surface area contributed by atoms with Crippen molar-refractivity contribution in [1.82, 2.24) is 0 Å². The monoisotopic (exact) mass is 308 g/mol. The van der Waals surface area contributed by atoms with Gasteiger partial charge in [0.05, 0.1) is 10.5 Å². The van der Waals surface area contributed by atoms with Gasteiger partial charge in [-0.2, -0.15) is 11.3 Å². The van der Waals surface area contributed by atoms with E-state index in [0.29, 0.717) is 5.56 Å². The van der Waals surface area contributed by atoms with Crippen LogP contribution in [0.4, 0.5) is 0 Å². The lowest BCUT2D eigenvalue weighted by molar-refractivity contribution is -0.130. The second-order valence-electron chi connectivity index (χ2n) is 4.22. The highest BCUT2D eigenvalue weighted by atomic mass is 32.2. The van der Waals surface area contributed by atoms with Crippen LogP contribution in [-0.4, -0.2) is 25.7 Å². The molecule has 0 radical (unpaired) electrons. The minimum absolute atomic E-state index is 0.128. The van der Waals surface area contributed by atoms with Crippen molar-refractivity contribution in [3.05, 3.63) is 52.2 Å². The molecule has 0 unspecified atom stereocenters. The molecule has 0 saturated carbocycles. The molecule has 20 heavy (non-hydrogen) atoms. The van der Waals surface area contributed by atoms with Crippen LogP contribution in [-0.2, 0) is 14.6 Å². The topological polar surface area (TPSA) is 71.4 Å². The molecule has 4 nitrogen and oxygen atoms in total. The van der Waals surface area contributed by atoms with E-state index in [2.05, 4.69) is 0 Å². The highest BCUT2D eigenvalue weighted by Crippen LogP contribution is 2.21. The van der Waals surface area contributed by atoms with Crippen LogP contribution >= 0.6 is 11.3 Å². The molecule has 1 N–H and O–H groups in total.